The Balaban J connectivity index is 0. The van der Waals surface area contributed by atoms with Crippen molar-refractivity contribution in [3.63, 3.8) is 0 Å². The molecule has 0 saturated carbocycles. The first-order valence-corrected chi connectivity index (χ1v) is 7.75. The molecule has 0 heterocycles. The number of carboxylic acid groups (broad SMARTS) is 5. The summed E-state index contributed by atoms with van der Waals surface area (Å²) in [6, 6.07) is 0. The Morgan fingerprint density at radius 1 is 0.429 bits per heavy atom. The monoisotopic (exact) mass is 492 g/mol. The van der Waals surface area contributed by atoms with Crippen LogP contribution in [0.5, 0.6) is 0 Å². The number of carboxylic acids is 5. The van der Waals surface area contributed by atoms with Gasteiger partial charge in [0, 0.05) is 46.3 Å². The van der Waals surface area contributed by atoms with Crippen LogP contribution in [0.15, 0.2) is 0 Å². The van der Waals surface area contributed by atoms with E-state index >= 15 is 0 Å². The molecule has 28 heavy (non-hydrogen) atoms. The van der Waals surface area contributed by atoms with Gasteiger partial charge in [-0.3, -0.25) is 38.7 Å². The number of aliphatic carboxylic acids is 5. The molecule has 0 aliphatic carbocycles. The quantitative estimate of drug-likeness (QED) is 0.150. The minimum atomic E-state index is -1.24. The first-order valence-electron chi connectivity index (χ1n) is 7.75. The van der Waals surface area contributed by atoms with Crippen molar-refractivity contribution in [3.8, 4) is 0 Å². The Hall–Kier alpha value is -2.12. The molecule has 0 spiro atoms. The zero-order valence-corrected chi connectivity index (χ0v) is 16.7. The second-order valence-electron chi connectivity index (χ2n) is 5.67. The molecule has 0 aromatic rings. The van der Waals surface area contributed by atoms with Crippen molar-refractivity contribution in [1.29, 1.82) is 0 Å². The van der Waals surface area contributed by atoms with Gasteiger partial charge in [0.15, 0.2) is 0 Å². The van der Waals surface area contributed by atoms with Gasteiger partial charge in [-0.05, 0) is 0 Å². The molecule has 0 saturated heterocycles. The SMILES string of the molecule is O=C(O)CN(CCN(CC(=O)O)CC(=O)O)CCN(CC(=O)O)CC(=O)O.[99Tc]. The maximum atomic E-state index is 11.0. The molecular formula is C14H23N3O10Tc. The standard InChI is InChI=1S/C14H23N3O10.Tc/c18-10(19)5-15(1-3-16(6-11(20)21)7-12(22)23)2-4-17(8-13(24)25)9-14(26)27;/h1-9H2,(H,18,19)(H,20,21)(H,22,23)(H,24,25)(H,26,27);/i;1+1. The summed E-state index contributed by atoms with van der Waals surface area (Å²) < 4.78 is 0. The molecule has 0 aliphatic rings. The van der Waals surface area contributed by atoms with Crippen LogP contribution in [0.1, 0.15) is 0 Å². The van der Waals surface area contributed by atoms with Gasteiger partial charge in [0.05, 0.1) is 32.7 Å². The van der Waals surface area contributed by atoms with Gasteiger partial charge in [0.25, 0.3) is 0 Å². The summed E-state index contributed by atoms with van der Waals surface area (Å²) in [6.07, 6.45) is 0. The van der Waals surface area contributed by atoms with E-state index in [0.717, 1.165) is 9.80 Å². The van der Waals surface area contributed by atoms with E-state index in [1.54, 1.807) is 0 Å². The fourth-order valence-electron chi connectivity index (χ4n) is 2.22. The predicted molar refractivity (Wildman–Crippen MR) is 87.5 cm³/mol. The third-order valence-corrected chi connectivity index (χ3v) is 3.26. The summed E-state index contributed by atoms with van der Waals surface area (Å²) in [5, 5.41) is 44.1. The minimum Gasteiger partial charge on any atom is -0.480 e. The van der Waals surface area contributed by atoms with E-state index in [2.05, 4.69) is 0 Å². The summed E-state index contributed by atoms with van der Waals surface area (Å²) in [5.74, 6) is -6.16. The van der Waals surface area contributed by atoms with Crippen LogP contribution in [0, 0.1) is 0 Å². The molecule has 14 heteroatoms. The Morgan fingerprint density at radius 3 is 0.821 bits per heavy atom. The maximum Gasteiger partial charge on any atom is 0.317 e. The van der Waals surface area contributed by atoms with Gasteiger partial charge in [-0.25, -0.2) is 0 Å². The summed E-state index contributed by atoms with van der Waals surface area (Å²) in [6.45, 7) is -2.74. The third-order valence-electron chi connectivity index (χ3n) is 3.26. The van der Waals surface area contributed by atoms with Gasteiger partial charge in [0.1, 0.15) is 0 Å². The summed E-state index contributed by atoms with van der Waals surface area (Å²) in [5.41, 5.74) is 0. The molecule has 0 aliphatic heterocycles. The molecule has 1 radical (unpaired) electrons. The van der Waals surface area contributed by atoms with Gasteiger partial charge in [-0.15, -0.1) is 0 Å². The van der Waals surface area contributed by atoms with Crippen LogP contribution in [0.2, 0.25) is 0 Å². The topological polar surface area (TPSA) is 196 Å². The van der Waals surface area contributed by atoms with Gasteiger partial charge < -0.3 is 25.5 Å². The van der Waals surface area contributed by atoms with Crippen molar-refractivity contribution in [3.05, 3.63) is 0 Å². The molecule has 5 N–H and O–H groups in total. The Labute approximate surface area is 173 Å². The zero-order valence-electron chi connectivity index (χ0n) is 14.9. The van der Waals surface area contributed by atoms with Crippen LogP contribution < -0.4 is 0 Å². The number of hydrogen-bond acceptors (Lipinski definition) is 8. The Bertz CT molecular complexity index is 487. The summed E-state index contributed by atoms with van der Waals surface area (Å²) >= 11 is 0. The predicted octanol–water partition coefficient (Wildman–Crippen LogP) is -2.69. The average Bonchev–Trinajstić information content (AvgIpc) is 2.46. The van der Waals surface area contributed by atoms with E-state index in [-0.39, 0.29) is 46.3 Å². The fourth-order valence-corrected chi connectivity index (χ4v) is 2.22. The van der Waals surface area contributed by atoms with Gasteiger partial charge in [-0.1, -0.05) is 0 Å². The molecule has 0 fully saturated rings. The number of carbonyl (C=O) groups is 5. The fraction of sp³-hybridized carbons (Fsp3) is 0.643. The smallest absolute Gasteiger partial charge is 0.317 e. The van der Waals surface area contributed by atoms with Gasteiger partial charge in [-0.2, -0.15) is 0 Å². The van der Waals surface area contributed by atoms with Crippen molar-refractivity contribution in [1.82, 2.24) is 14.7 Å². The molecule has 0 rings (SSSR count). The van der Waals surface area contributed by atoms with Crippen molar-refractivity contribution in [2.45, 2.75) is 0 Å². The van der Waals surface area contributed by atoms with Crippen LogP contribution in [0.25, 0.3) is 0 Å². The molecule has 0 aromatic heterocycles. The normalized spacial score (nSPS) is 10.7. The number of hydrogen-bond donors (Lipinski definition) is 5. The van der Waals surface area contributed by atoms with Crippen LogP contribution in [-0.2, 0) is 44.1 Å². The first-order chi connectivity index (χ1) is 12.5. The molecular weight excluding hydrogens is 469 g/mol. The van der Waals surface area contributed by atoms with E-state index in [1.165, 1.54) is 4.90 Å². The second kappa shape index (κ2) is 14.9. The second-order valence-corrected chi connectivity index (χ2v) is 5.67. The largest absolute Gasteiger partial charge is 0.480 e. The molecule has 0 aromatic carbocycles. The molecule has 0 unspecified atom stereocenters. The maximum absolute atomic E-state index is 11.0. The van der Waals surface area contributed by atoms with Crippen molar-refractivity contribution in [2.24, 2.45) is 0 Å². The number of nitrogens with zero attached hydrogens (tertiary/aromatic N) is 3. The van der Waals surface area contributed by atoms with Crippen LogP contribution in [-0.4, -0.2) is 129 Å². The first kappa shape index (κ1) is 28.1. The average molecular weight is 492 g/mol. The van der Waals surface area contributed by atoms with E-state index in [4.69, 9.17) is 25.5 Å². The summed E-state index contributed by atoms with van der Waals surface area (Å²) in [4.78, 5) is 57.6. The van der Waals surface area contributed by atoms with E-state index in [1.807, 2.05) is 0 Å². The molecule has 161 valence electrons. The van der Waals surface area contributed by atoms with E-state index < -0.39 is 62.6 Å². The Kier molecular flexibility index (Phi) is 14.9. The van der Waals surface area contributed by atoms with Crippen molar-refractivity contribution < 1.29 is 69.6 Å². The third kappa shape index (κ3) is 16.1. The van der Waals surface area contributed by atoms with Crippen molar-refractivity contribution >= 4 is 29.8 Å². The summed E-state index contributed by atoms with van der Waals surface area (Å²) in [7, 11) is 0. The van der Waals surface area contributed by atoms with Crippen LogP contribution in [0.3, 0.4) is 0 Å². The van der Waals surface area contributed by atoms with Gasteiger partial charge >= 0.3 is 29.8 Å². The Morgan fingerprint density at radius 2 is 0.607 bits per heavy atom. The molecule has 0 amide bonds. The molecule has 0 bridgehead atoms. The van der Waals surface area contributed by atoms with Crippen molar-refractivity contribution in [2.75, 3.05) is 58.9 Å². The zero-order chi connectivity index (χ0) is 21.0. The minimum absolute atomic E-state index is 0. The van der Waals surface area contributed by atoms with Gasteiger partial charge in [0.2, 0.25) is 0 Å². The van der Waals surface area contributed by atoms with Crippen LogP contribution in [0.4, 0.5) is 0 Å². The van der Waals surface area contributed by atoms with E-state index in [9.17, 15) is 24.0 Å². The molecule has 13 nitrogen and oxygen atoms in total. The van der Waals surface area contributed by atoms with E-state index in [0.29, 0.717) is 0 Å². The van der Waals surface area contributed by atoms with Crippen LogP contribution >= 0.6 is 0 Å². The molecule has 0 atom stereocenters. The number of rotatable bonds is 16.